The van der Waals surface area contributed by atoms with Crippen molar-refractivity contribution in [3.05, 3.63) is 24.2 Å². The highest BCUT2D eigenvalue weighted by atomic mass is 16.3. The summed E-state index contributed by atoms with van der Waals surface area (Å²) in [5.41, 5.74) is 0. The van der Waals surface area contributed by atoms with Crippen LogP contribution in [0, 0.1) is 0 Å². The number of unbranched alkanes of at least 4 members (excludes halogenated alkanes) is 6. The first-order valence-corrected chi connectivity index (χ1v) is 7.12. The molecular weight excluding hydrogens is 226 g/mol. The van der Waals surface area contributed by atoms with Crippen LogP contribution in [0.2, 0.25) is 0 Å². The number of nitrogens with one attached hydrogen (secondary N) is 1. The summed E-state index contributed by atoms with van der Waals surface area (Å²) in [4.78, 5) is 11.5. The molecule has 1 rings (SSSR count). The Morgan fingerprint density at radius 1 is 1.17 bits per heavy atom. The van der Waals surface area contributed by atoms with Gasteiger partial charge in [0.15, 0.2) is 0 Å². The molecule has 102 valence electrons. The minimum atomic E-state index is 0.125. The Labute approximate surface area is 110 Å². The molecule has 0 saturated heterocycles. The number of carbonyl (C=O) groups is 1. The zero-order chi connectivity index (χ0) is 13.1. The summed E-state index contributed by atoms with van der Waals surface area (Å²) in [5, 5.41) is 2.86. The summed E-state index contributed by atoms with van der Waals surface area (Å²) in [7, 11) is 0. The van der Waals surface area contributed by atoms with Gasteiger partial charge in [0.1, 0.15) is 5.76 Å². The Balaban J connectivity index is 1.90. The predicted molar refractivity (Wildman–Crippen MR) is 73.2 cm³/mol. The van der Waals surface area contributed by atoms with Crippen molar-refractivity contribution in [3.63, 3.8) is 0 Å². The monoisotopic (exact) mass is 251 g/mol. The Morgan fingerprint density at radius 3 is 2.56 bits per heavy atom. The topological polar surface area (TPSA) is 42.2 Å². The SMILES string of the molecule is CCCCCCCCCC(=O)NCc1ccco1. The maximum Gasteiger partial charge on any atom is 0.220 e. The first-order chi connectivity index (χ1) is 8.83. The molecule has 1 heterocycles. The maximum atomic E-state index is 11.5. The van der Waals surface area contributed by atoms with E-state index in [1.54, 1.807) is 6.26 Å². The molecule has 0 saturated carbocycles. The molecule has 1 aromatic rings. The first-order valence-electron chi connectivity index (χ1n) is 7.12. The number of hydrogen-bond donors (Lipinski definition) is 1. The van der Waals surface area contributed by atoms with Crippen LogP contribution in [0.25, 0.3) is 0 Å². The van der Waals surface area contributed by atoms with E-state index in [1.807, 2.05) is 12.1 Å². The molecule has 0 fully saturated rings. The van der Waals surface area contributed by atoms with Gasteiger partial charge in [-0.15, -0.1) is 0 Å². The molecule has 18 heavy (non-hydrogen) atoms. The van der Waals surface area contributed by atoms with Crippen LogP contribution in [0.4, 0.5) is 0 Å². The molecule has 1 N–H and O–H groups in total. The Morgan fingerprint density at radius 2 is 1.89 bits per heavy atom. The van der Waals surface area contributed by atoms with Gasteiger partial charge in [-0.2, -0.15) is 0 Å². The van der Waals surface area contributed by atoms with Gasteiger partial charge in [0.05, 0.1) is 12.8 Å². The summed E-state index contributed by atoms with van der Waals surface area (Å²) in [5.74, 6) is 0.933. The molecular formula is C15H25NO2. The normalized spacial score (nSPS) is 10.5. The highest BCUT2D eigenvalue weighted by Crippen LogP contribution is 2.08. The largest absolute Gasteiger partial charge is 0.467 e. The van der Waals surface area contributed by atoms with Crippen LogP contribution in [0.1, 0.15) is 64.1 Å². The van der Waals surface area contributed by atoms with Crippen molar-refractivity contribution >= 4 is 5.91 Å². The number of amides is 1. The van der Waals surface area contributed by atoms with Gasteiger partial charge < -0.3 is 9.73 Å². The summed E-state index contributed by atoms with van der Waals surface area (Å²) in [6.45, 7) is 2.73. The molecule has 0 atom stereocenters. The zero-order valence-electron chi connectivity index (χ0n) is 11.4. The van der Waals surface area contributed by atoms with Crippen LogP contribution in [0.5, 0.6) is 0 Å². The molecule has 1 aromatic heterocycles. The van der Waals surface area contributed by atoms with Crippen molar-refractivity contribution in [2.75, 3.05) is 0 Å². The predicted octanol–water partition coefficient (Wildman–Crippen LogP) is 4.04. The number of hydrogen-bond acceptors (Lipinski definition) is 2. The van der Waals surface area contributed by atoms with Crippen LogP contribution in [-0.4, -0.2) is 5.91 Å². The van der Waals surface area contributed by atoms with Crippen molar-refractivity contribution in [1.29, 1.82) is 0 Å². The lowest BCUT2D eigenvalue weighted by molar-refractivity contribution is -0.121. The Hall–Kier alpha value is -1.25. The zero-order valence-corrected chi connectivity index (χ0v) is 11.4. The van der Waals surface area contributed by atoms with Gasteiger partial charge in [-0.25, -0.2) is 0 Å². The molecule has 0 aliphatic heterocycles. The first kappa shape index (κ1) is 14.8. The van der Waals surface area contributed by atoms with Gasteiger partial charge in [0.2, 0.25) is 5.91 Å². The van der Waals surface area contributed by atoms with Crippen molar-refractivity contribution in [1.82, 2.24) is 5.32 Å². The Kier molecular flexibility index (Phi) is 8.02. The average molecular weight is 251 g/mol. The standard InChI is InChI=1S/C15H25NO2/c1-2-3-4-5-6-7-8-11-15(17)16-13-14-10-9-12-18-14/h9-10,12H,2-8,11,13H2,1H3,(H,16,17). The fourth-order valence-corrected chi connectivity index (χ4v) is 1.93. The third-order valence-corrected chi connectivity index (χ3v) is 3.05. The van der Waals surface area contributed by atoms with Crippen LogP contribution < -0.4 is 5.32 Å². The van der Waals surface area contributed by atoms with E-state index in [0.29, 0.717) is 13.0 Å². The van der Waals surface area contributed by atoms with E-state index >= 15 is 0 Å². The second kappa shape index (κ2) is 9.75. The Bertz CT molecular complexity index is 306. The molecule has 0 unspecified atom stereocenters. The molecule has 1 amide bonds. The number of carbonyl (C=O) groups excluding carboxylic acids is 1. The molecule has 3 nitrogen and oxygen atoms in total. The van der Waals surface area contributed by atoms with E-state index in [2.05, 4.69) is 12.2 Å². The third-order valence-electron chi connectivity index (χ3n) is 3.05. The molecule has 0 radical (unpaired) electrons. The lowest BCUT2D eigenvalue weighted by Gasteiger charge is -2.03. The maximum absolute atomic E-state index is 11.5. The molecule has 0 aliphatic rings. The fourth-order valence-electron chi connectivity index (χ4n) is 1.93. The number of furan rings is 1. The van der Waals surface area contributed by atoms with Gasteiger partial charge in [0, 0.05) is 6.42 Å². The number of rotatable bonds is 10. The van der Waals surface area contributed by atoms with E-state index in [0.717, 1.165) is 18.6 Å². The quantitative estimate of drug-likeness (QED) is 0.638. The van der Waals surface area contributed by atoms with Crippen LogP contribution in [0.3, 0.4) is 0 Å². The van der Waals surface area contributed by atoms with Gasteiger partial charge in [0.25, 0.3) is 0 Å². The highest BCUT2D eigenvalue weighted by Gasteiger charge is 2.02. The second-order valence-corrected chi connectivity index (χ2v) is 4.73. The van der Waals surface area contributed by atoms with Crippen LogP contribution >= 0.6 is 0 Å². The van der Waals surface area contributed by atoms with E-state index < -0.39 is 0 Å². The van der Waals surface area contributed by atoms with E-state index in [4.69, 9.17) is 4.42 Å². The summed E-state index contributed by atoms with van der Waals surface area (Å²) < 4.78 is 5.15. The summed E-state index contributed by atoms with van der Waals surface area (Å²) in [6.07, 6.45) is 10.9. The minimum Gasteiger partial charge on any atom is -0.467 e. The van der Waals surface area contributed by atoms with Gasteiger partial charge in [-0.3, -0.25) is 4.79 Å². The van der Waals surface area contributed by atoms with Gasteiger partial charge in [-0.1, -0.05) is 45.4 Å². The van der Waals surface area contributed by atoms with Crippen LogP contribution in [-0.2, 0) is 11.3 Å². The lowest BCUT2D eigenvalue weighted by atomic mass is 10.1. The van der Waals surface area contributed by atoms with E-state index in [-0.39, 0.29) is 5.91 Å². The second-order valence-electron chi connectivity index (χ2n) is 4.73. The molecule has 0 bridgehead atoms. The van der Waals surface area contributed by atoms with Crippen LogP contribution in [0.15, 0.2) is 22.8 Å². The third kappa shape index (κ3) is 7.15. The molecule has 0 spiro atoms. The summed E-state index contributed by atoms with van der Waals surface area (Å²) >= 11 is 0. The van der Waals surface area contributed by atoms with Crippen molar-refractivity contribution < 1.29 is 9.21 Å². The van der Waals surface area contributed by atoms with Crippen molar-refractivity contribution in [2.45, 2.75) is 64.8 Å². The molecule has 0 aliphatic carbocycles. The lowest BCUT2D eigenvalue weighted by Crippen LogP contribution is -2.21. The van der Waals surface area contributed by atoms with Gasteiger partial charge in [-0.05, 0) is 18.6 Å². The van der Waals surface area contributed by atoms with Gasteiger partial charge >= 0.3 is 0 Å². The fraction of sp³-hybridized carbons (Fsp3) is 0.667. The molecule has 0 aromatic carbocycles. The molecule has 3 heteroatoms. The average Bonchev–Trinajstić information content (AvgIpc) is 2.88. The smallest absolute Gasteiger partial charge is 0.220 e. The van der Waals surface area contributed by atoms with E-state index in [1.165, 1.54) is 32.1 Å². The highest BCUT2D eigenvalue weighted by molar-refractivity contribution is 5.75. The summed E-state index contributed by atoms with van der Waals surface area (Å²) in [6, 6.07) is 3.70. The van der Waals surface area contributed by atoms with E-state index in [9.17, 15) is 4.79 Å². The van der Waals surface area contributed by atoms with Crippen molar-refractivity contribution in [3.8, 4) is 0 Å². The minimum absolute atomic E-state index is 0.125. The van der Waals surface area contributed by atoms with Crippen molar-refractivity contribution in [2.24, 2.45) is 0 Å².